The highest BCUT2D eigenvalue weighted by molar-refractivity contribution is 7.88. The maximum Gasteiger partial charge on any atom is 0.208 e. The fourth-order valence-electron chi connectivity index (χ4n) is 3.21. The molecule has 7 heteroatoms. The molecule has 0 unspecified atom stereocenters. The average Bonchev–Trinajstić information content (AvgIpc) is 3.01. The molecule has 2 aliphatic heterocycles. The van der Waals surface area contributed by atoms with E-state index in [0.29, 0.717) is 25.7 Å². The predicted octanol–water partition coefficient (Wildman–Crippen LogP) is 0.277. The number of sulfonamides is 1. The van der Waals surface area contributed by atoms with Gasteiger partial charge in [-0.3, -0.25) is 4.90 Å². The van der Waals surface area contributed by atoms with Crippen LogP contribution in [0.5, 0.6) is 0 Å². The Hall–Kier alpha value is -0.890. The second-order valence-corrected chi connectivity index (χ2v) is 7.75. The van der Waals surface area contributed by atoms with Crippen LogP contribution in [-0.4, -0.2) is 52.4 Å². The Bertz CT molecular complexity index is 557. The molecule has 3 rings (SSSR count). The van der Waals surface area contributed by atoms with Gasteiger partial charge in [-0.2, -0.15) is 0 Å². The Morgan fingerprint density at radius 1 is 1.55 bits per heavy atom. The van der Waals surface area contributed by atoms with E-state index in [1.165, 1.54) is 6.26 Å². The molecule has 0 aromatic carbocycles. The third kappa shape index (κ3) is 2.90. The molecule has 0 amide bonds. The number of hydrogen-bond acceptors (Lipinski definition) is 5. The Morgan fingerprint density at radius 3 is 3.10 bits per heavy atom. The minimum Gasteiger partial charge on any atom is -0.468 e. The highest BCUT2D eigenvalue weighted by Gasteiger charge is 2.50. The van der Waals surface area contributed by atoms with Gasteiger partial charge in [0.1, 0.15) is 5.76 Å². The van der Waals surface area contributed by atoms with Crippen molar-refractivity contribution in [3.05, 3.63) is 24.2 Å². The summed E-state index contributed by atoms with van der Waals surface area (Å²) in [6, 6.07) is 3.85. The summed E-state index contributed by atoms with van der Waals surface area (Å²) >= 11 is 0. The monoisotopic (exact) mass is 300 g/mol. The fraction of sp³-hybridized carbons (Fsp3) is 0.692. The van der Waals surface area contributed by atoms with Crippen LogP contribution in [0, 0.1) is 11.3 Å². The molecule has 0 radical (unpaired) electrons. The number of hydrogen-bond donors (Lipinski definition) is 1. The van der Waals surface area contributed by atoms with Crippen LogP contribution < -0.4 is 4.72 Å². The largest absolute Gasteiger partial charge is 0.468 e. The van der Waals surface area contributed by atoms with Crippen LogP contribution in [-0.2, 0) is 21.3 Å². The molecule has 1 N–H and O–H groups in total. The van der Waals surface area contributed by atoms with Gasteiger partial charge in [-0.15, -0.1) is 0 Å². The Kier molecular flexibility index (Phi) is 3.62. The normalized spacial score (nSPS) is 30.8. The summed E-state index contributed by atoms with van der Waals surface area (Å²) in [7, 11) is -3.17. The Balaban J connectivity index is 1.67. The first-order chi connectivity index (χ1) is 9.47. The van der Waals surface area contributed by atoms with Crippen molar-refractivity contribution >= 4 is 10.0 Å². The quantitative estimate of drug-likeness (QED) is 0.845. The van der Waals surface area contributed by atoms with Gasteiger partial charge in [-0.05, 0) is 12.1 Å². The van der Waals surface area contributed by atoms with Gasteiger partial charge in [0.05, 0.1) is 32.3 Å². The summed E-state index contributed by atoms with van der Waals surface area (Å²) in [6.45, 7) is 4.30. The predicted molar refractivity (Wildman–Crippen MR) is 73.6 cm³/mol. The van der Waals surface area contributed by atoms with E-state index in [1.54, 1.807) is 6.26 Å². The highest BCUT2D eigenvalue weighted by atomic mass is 32.2. The van der Waals surface area contributed by atoms with Gasteiger partial charge in [-0.1, -0.05) is 0 Å². The molecule has 0 saturated carbocycles. The first-order valence-electron chi connectivity index (χ1n) is 6.74. The summed E-state index contributed by atoms with van der Waals surface area (Å²) < 4.78 is 36.3. The zero-order valence-electron chi connectivity index (χ0n) is 11.5. The maximum atomic E-state index is 11.3. The van der Waals surface area contributed by atoms with E-state index >= 15 is 0 Å². The van der Waals surface area contributed by atoms with Crippen molar-refractivity contribution in [2.24, 2.45) is 11.3 Å². The van der Waals surface area contributed by atoms with Crippen LogP contribution in [0.15, 0.2) is 22.8 Å². The zero-order valence-corrected chi connectivity index (χ0v) is 12.4. The van der Waals surface area contributed by atoms with Crippen LogP contribution in [0.1, 0.15) is 5.76 Å². The zero-order chi connectivity index (χ0) is 14.2. The number of likely N-dealkylation sites (tertiary alicyclic amines) is 1. The SMILES string of the molecule is CS(=O)(=O)NC[C@@]12COC[C@@H]1CN(Cc1ccco1)C2. The average molecular weight is 300 g/mol. The minimum absolute atomic E-state index is 0.102. The number of nitrogens with zero attached hydrogens (tertiary/aromatic N) is 1. The van der Waals surface area contributed by atoms with Crippen LogP contribution >= 0.6 is 0 Å². The lowest BCUT2D eigenvalue weighted by molar-refractivity contribution is 0.126. The van der Waals surface area contributed by atoms with E-state index in [4.69, 9.17) is 9.15 Å². The molecule has 2 aliphatic rings. The van der Waals surface area contributed by atoms with E-state index in [0.717, 1.165) is 25.4 Å². The molecular formula is C13H20N2O4S. The second-order valence-electron chi connectivity index (χ2n) is 5.92. The molecule has 6 nitrogen and oxygen atoms in total. The molecule has 2 saturated heterocycles. The van der Waals surface area contributed by atoms with E-state index < -0.39 is 10.0 Å². The molecular weight excluding hydrogens is 280 g/mol. The van der Waals surface area contributed by atoms with Gasteiger partial charge in [0, 0.05) is 31.0 Å². The van der Waals surface area contributed by atoms with Crippen molar-refractivity contribution in [3.63, 3.8) is 0 Å². The fourth-order valence-corrected chi connectivity index (χ4v) is 3.76. The van der Waals surface area contributed by atoms with E-state index in [-0.39, 0.29) is 5.41 Å². The maximum absolute atomic E-state index is 11.3. The van der Waals surface area contributed by atoms with Gasteiger partial charge in [0.15, 0.2) is 0 Å². The number of furan rings is 1. The van der Waals surface area contributed by atoms with Crippen LogP contribution in [0.4, 0.5) is 0 Å². The van der Waals surface area contributed by atoms with E-state index in [1.807, 2.05) is 12.1 Å². The molecule has 2 atom stereocenters. The number of rotatable bonds is 5. The topological polar surface area (TPSA) is 71.8 Å². The number of ether oxygens (including phenoxy) is 1. The number of nitrogens with one attached hydrogen (secondary N) is 1. The smallest absolute Gasteiger partial charge is 0.208 e. The van der Waals surface area contributed by atoms with Crippen LogP contribution in [0.3, 0.4) is 0 Å². The third-order valence-corrected chi connectivity index (χ3v) is 4.91. The first kappa shape index (κ1) is 14.1. The standard InChI is InChI=1S/C13H20N2O4S/c1-20(16,17)14-8-13-9-15(5-11(13)7-18-10-13)6-12-3-2-4-19-12/h2-4,11,14H,5-10H2,1H3/t11-,13+/m0/s1. The van der Waals surface area contributed by atoms with Gasteiger partial charge < -0.3 is 9.15 Å². The van der Waals surface area contributed by atoms with Crippen molar-refractivity contribution in [1.82, 2.24) is 9.62 Å². The Morgan fingerprint density at radius 2 is 2.40 bits per heavy atom. The van der Waals surface area contributed by atoms with E-state index in [2.05, 4.69) is 9.62 Å². The summed E-state index contributed by atoms with van der Waals surface area (Å²) in [5.74, 6) is 1.32. The molecule has 3 heterocycles. The lowest BCUT2D eigenvalue weighted by atomic mass is 9.81. The minimum atomic E-state index is -3.17. The van der Waals surface area contributed by atoms with Gasteiger partial charge in [0.2, 0.25) is 10.0 Å². The van der Waals surface area contributed by atoms with Crippen molar-refractivity contribution in [2.45, 2.75) is 6.54 Å². The van der Waals surface area contributed by atoms with Gasteiger partial charge >= 0.3 is 0 Å². The van der Waals surface area contributed by atoms with Crippen molar-refractivity contribution in [3.8, 4) is 0 Å². The summed E-state index contributed by atoms with van der Waals surface area (Å²) in [5.41, 5.74) is -0.102. The molecule has 0 aliphatic carbocycles. The third-order valence-electron chi connectivity index (χ3n) is 4.24. The summed E-state index contributed by atoms with van der Waals surface area (Å²) in [6.07, 6.45) is 2.88. The molecule has 0 spiro atoms. The molecule has 1 aromatic heterocycles. The van der Waals surface area contributed by atoms with Crippen molar-refractivity contribution in [1.29, 1.82) is 0 Å². The molecule has 112 valence electrons. The summed E-state index contributed by atoms with van der Waals surface area (Å²) in [4.78, 5) is 2.32. The Labute approximate surface area is 119 Å². The lowest BCUT2D eigenvalue weighted by Gasteiger charge is -2.27. The van der Waals surface area contributed by atoms with E-state index in [9.17, 15) is 8.42 Å². The lowest BCUT2D eigenvalue weighted by Crippen LogP contribution is -2.42. The van der Waals surface area contributed by atoms with Crippen LogP contribution in [0.25, 0.3) is 0 Å². The first-order valence-corrected chi connectivity index (χ1v) is 8.63. The second kappa shape index (κ2) is 5.14. The number of fused-ring (bicyclic) bond motifs is 1. The molecule has 1 aromatic rings. The van der Waals surface area contributed by atoms with Gasteiger partial charge in [-0.25, -0.2) is 13.1 Å². The van der Waals surface area contributed by atoms with Crippen LogP contribution in [0.2, 0.25) is 0 Å². The summed E-state index contributed by atoms with van der Waals surface area (Å²) in [5, 5.41) is 0. The molecule has 0 bridgehead atoms. The molecule has 2 fully saturated rings. The highest BCUT2D eigenvalue weighted by Crippen LogP contribution is 2.41. The van der Waals surface area contributed by atoms with Crippen molar-refractivity contribution in [2.75, 3.05) is 39.1 Å². The van der Waals surface area contributed by atoms with Gasteiger partial charge in [0.25, 0.3) is 0 Å². The van der Waals surface area contributed by atoms with Crippen molar-refractivity contribution < 1.29 is 17.6 Å². The molecule has 20 heavy (non-hydrogen) atoms.